The Morgan fingerprint density at radius 3 is 2.11 bits per heavy atom. The summed E-state index contributed by atoms with van der Waals surface area (Å²) < 4.78 is 10.2. The van der Waals surface area contributed by atoms with Crippen LogP contribution in [0, 0.1) is 0 Å². The first-order valence-corrected chi connectivity index (χ1v) is 5.77. The average Bonchev–Trinajstić information content (AvgIpc) is 3.05. The topological polar surface area (TPSA) is 67.4 Å². The molecule has 0 aromatic carbocycles. The van der Waals surface area contributed by atoms with Gasteiger partial charge in [-0.2, -0.15) is 0 Å². The number of carbonyl (C=O) groups is 1. The van der Waals surface area contributed by atoms with Crippen molar-refractivity contribution in [1.29, 1.82) is 0 Å². The molecule has 0 aliphatic heterocycles. The summed E-state index contributed by atoms with van der Waals surface area (Å²) in [7, 11) is 0. The van der Waals surface area contributed by atoms with Crippen LogP contribution in [0.1, 0.15) is 11.5 Å². The number of amides is 1. The monoisotopic (exact) mass is 264 g/mol. The van der Waals surface area contributed by atoms with Crippen LogP contribution in [0.15, 0.2) is 45.6 Å². The fraction of sp³-hybridized carbons (Fsp3) is 0.167. The van der Waals surface area contributed by atoms with Gasteiger partial charge in [-0.15, -0.1) is 0 Å². The van der Waals surface area contributed by atoms with Crippen LogP contribution in [0.2, 0.25) is 0 Å². The van der Waals surface area contributed by atoms with Gasteiger partial charge < -0.3 is 19.5 Å². The zero-order valence-electron chi connectivity index (χ0n) is 9.51. The van der Waals surface area contributed by atoms with Gasteiger partial charge in [-0.25, -0.2) is 0 Å². The fourth-order valence-corrected chi connectivity index (χ4v) is 1.47. The van der Waals surface area contributed by atoms with E-state index in [2.05, 4.69) is 10.6 Å². The molecule has 0 bridgehead atoms. The third-order valence-electron chi connectivity index (χ3n) is 2.21. The Hall–Kier alpha value is -2.08. The predicted octanol–water partition coefficient (Wildman–Crippen LogP) is 1.61. The Morgan fingerprint density at radius 2 is 1.61 bits per heavy atom. The lowest BCUT2D eigenvalue weighted by atomic mass is 10.4. The van der Waals surface area contributed by atoms with Gasteiger partial charge in [-0.05, 0) is 24.3 Å². The second-order valence-electron chi connectivity index (χ2n) is 3.52. The Morgan fingerprint density at radius 1 is 1.06 bits per heavy atom. The molecule has 0 radical (unpaired) electrons. The van der Waals surface area contributed by atoms with Gasteiger partial charge in [0.05, 0.1) is 25.6 Å². The highest BCUT2D eigenvalue weighted by molar-refractivity contribution is 7.82. The van der Waals surface area contributed by atoms with Crippen molar-refractivity contribution in [1.82, 2.24) is 10.6 Å². The van der Waals surface area contributed by atoms with E-state index in [1.165, 1.54) is 0 Å². The fourth-order valence-electron chi connectivity index (χ4n) is 1.32. The maximum absolute atomic E-state index is 11.6. The molecule has 0 unspecified atom stereocenters. The summed E-state index contributed by atoms with van der Waals surface area (Å²) in [5.41, 5.74) is 0. The molecule has 0 aliphatic carbocycles. The van der Waals surface area contributed by atoms with E-state index in [-0.39, 0.29) is 10.9 Å². The Bertz CT molecular complexity index is 457. The number of thiocarbonyl (C=S) groups is 1. The lowest BCUT2D eigenvalue weighted by molar-refractivity contribution is -0.115. The van der Waals surface area contributed by atoms with Crippen LogP contribution in [-0.4, -0.2) is 10.9 Å². The average molecular weight is 264 g/mol. The molecule has 0 saturated heterocycles. The normalized spacial score (nSPS) is 10.0. The van der Waals surface area contributed by atoms with Crippen LogP contribution in [0.5, 0.6) is 0 Å². The van der Waals surface area contributed by atoms with Gasteiger partial charge in [-0.1, -0.05) is 12.2 Å². The molecule has 1 amide bonds. The molecular weight excluding hydrogens is 252 g/mol. The van der Waals surface area contributed by atoms with E-state index in [0.717, 1.165) is 5.76 Å². The van der Waals surface area contributed by atoms with Crippen LogP contribution >= 0.6 is 12.2 Å². The molecule has 2 N–H and O–H groups in total. The van der Waals surface area contributed by atoms with Crippen LogP contribution in [0.25, 0.3) is 0 Å². The molecule has 5 nitrogen and oxygen atoms in total. The predicted molar refractivity (Wildman–Crippen MR) is 68.7 cm³/mol. The van der Waals surface area contributed by atoms with Crippen LogP contribution in [0.3, 0.4) is 0 Å². The molecule has 2 rings (SSSR count). The number of carbonyl (C=O) groups excluding carboxylic acids is 1. The first-order chi connectivity index (χ1) is 8.75. The minimum absolute atomic E-state index is 0.123. The van der Waals surface area contributed by atoms with Gasteiger partial charge in [-0.3, -0.25) is 4.79 Å². The first kappa shape index (κ1) is 12.4. The van der Waals surface area contributed by atoms with Crippen molar-refractivity contribution in [2.24, 2.45) is 0 Å². The highest BCUT2D eigenvalue weighted by Crippen LogP contribution is 2.00. The van der Waals surface area contributed by atoms with Gasteiger partial charge in [0.25, 0.3) is 5.91 Å². The summed E-state index contributed by atoms with van der Waals surface area (Å²) in [5.74, 6) is 1.06. The van der Waals surface area contributed by atoms with Crippen molar-refractivity contribution in [3.05, 3.63) is 48.3 Å². The summed E-state index contributed by atoms with van der Waals surface area (Å²) in [5, 5.41) is 5.46. The van der Waals surface area contributed by atoms with Crippen molar-refractivity contribution >= 4 is 23.1 Å². The van der Waals surface area contributed by atoms with Crippen molar-refractivity contribution in [2.45, 2.75) is 13.1 Å². The number of hydrogen-bond acceptors (Lipinski definition) is 4. The van der Waals surface area contributed by atoms with Gasteiger partial charge in [0, 0.05) is 0 Å². The van der Waals surface area contributed by atoms with E-state index >= 15 is 0 Å². The molecule has 2 aromatic rings. The molecule has 0 atom stereocenters. The second-order valence-corrected chi connectivity index (χ2v) is 3.93. The van der Waals surface area contributed by atoms with Crippen molar-refractivity contribution in [3.63, 3.8) is 0 Å². The molecule has 6 heteroatoms. The number of rotatable bonds is 4. The van der Waals surface area contributed by atoms with E-state index in [0.29, 0.717) is 18.8 Å². The first-order valence-electron chi connectivity index (χ1n) is 5.36. The van der Waals surface area contributed by atoms with Gasteiger partial charge >= 0.3 is 0 Å². The van der Waals surface area contributed by atoms with Crippen molar-refractivity contribution < 1.29 is 13.6 Å². The molecular formula is C12H12N2O3S. The van der Waals surface area contributed by atoms with E-state index in [4.69, 9.17) is 21.1 Å². The maximum Gasteiger partial charge on any atom is 0.279 e. The lowest BCUT2D eigenvalue weighted by Crippen LogP contribution is -2.37. The zero-order valence-corrected chi connectivity index (χ0v) is 10.3. The van der Waals surface area contributed by atoms with E-state index in [1.54, 1.807) is 36.8 Å². The minimum atomic E-state index is -0.340. The number of nitrogens with one attached hydrogen (secondary N) is 2. The standard InChI is InChI=1S/C12H12N2O3S/c15-11(13-7-9-3-1-5-16-9)12(18)14-8-10-4-2-6-17-10/h1-6H,7-8H2,(H,13,15)(H,14,18). The highest BCUT2D eigenvalue weighted by atomic mass is 32.1. The van der Waals surface area contributed by atoms with Crippen molar-refractivity contribution in [2.75, 3.05) is 0 Å². The lowest BCUT2D eigenvalue weighted by Gasteiger charge is -2.06. The second kappa shape index (κ2) is 6.02. The summed E-state index contributed by atoms with van der Waals surface area (Å²) >= 11 is 4.95. The summed E-state index contributed by atoms with van der Waals surface area (Å²) in [4.78, 5) is 11.7. The zero-order chi connectivity index (χ0) is 12.8. The van der Waals surface area contributed by atoms with Gasteiger partial charge in [0.1, 0.15) is 11.5 Å². The smallest absolute Gasteiger partial charge is 0.279 e. The number of furan rings is 2. The van der Waals surface area contributed by atoms with Gasteiger partial charge in [0.15, 0.2) is 4.99 Å². The van der Waals surface area contributed by atoms with Gasteiger partial charge in [0.2, 0.25) is 0 Å². The van der Waals surface area contributed by atoms with Crippen molar-refractivity contribution in [3.8, 4) is 0 Å². The Balaban J connectivity index is 1.73. The van der Waals surface area contributed by atoms with E-state index in [9.17, 15) is 4.79 Å². The van der Waals surface area contributed by atoms with Crippen LogP contribution in [0.4, 0.5) is 0 Å². The quantitative estimate of drug-likeness (QED) is 0.821. The Labute approximate surface area is 109 Å². The maximum atomic E-state index is 11.6. The minimum Gasteiger partial charge on any atom is -0.467 e. The summed E-state index contributed by atoms with van der Waals surface area (Å²) in [6.07, 6.45) is 3.12. The molecule has 2 aromatic heterocycles. The number of hydrogen-bond donors (Lipinski definition) is 2. The van der Waals surface area contributed by atoms with E-state index < -0.39 is 0 Å². The largest absolute Gasteiger partial charge is 0.467 e. The molecule has 0 aliphatic rings. The summed E-state index contributed by atoms with van der Waals surface area (Å²) in [6.45, 7) is 0.703. The van der Waals surface area contributed by atoms with E-state index in [1.807, 2.05) is 0 Å². The molecule has 2 heterocycles. The third kappa shape index (κ3) is 3.46. The highest BCUT2D eigenvalue weighted by Gasteiger charge is 2.09. The van der Waals surface area contributed by atoms with Crippen LogP contribution in [-0.2, 0) is 17.9 Å². The summed E-state index contributed by atoms with van der Waals surface area (Å²) in [6, 6.07) is 7.11. The Kier molecular flexibility index (Phi) is 4.14. The molecule has 0 saturated carbocycles. The van der Waals surface area contributed by atoms with Crippen LogP contribution < -0.4 is 10.6 Å². The molecule has 94 valence electrons. The molecule has 0 fully saturated rings. The molecule has 0 spiro atoms. The molecule has 18 heavy (non-hydrogen) atoms. The SMILES string of the molecule is O=C(NCc1ccco1)C(=S)NCc1ccco1. The third-order valence-corrected chi connectivity index (χ3v) is 2.54.